The molecule has 0 saturated heterocycles. The molecule has 0 radical (unpaired) electrons. The second kappa shape index (κ2) is 9.97. The van der Waals surface area contributed by atoms with Crippen LogP contribution in [0.5, 0.6) is 5.75 Å². The van der Waals surface area contributed by atoms with E-state index in [0.717, 1.165) is 26.7 Å². The lowest BCUT2D eigenvalue weighted by molar-refractivity contribution is -0.146. The van der Waals surface area contributed by atoms with E-state index in [2.05, 4.69) is 22.4 Å². The third-order valence-electron chi connectivity index (χ3n) is 5.17. The van der Waals surface area contributed by atoms with Gasteiger partial charge in [0.15, 0.2) is 9.45 Å². The molecule has 9 heteroatoms. The lowest BCUT2D eigenvalue weighted by Gasteiger charge is -2.31. The summed E-state index contributed by atoms with van der Waals surface area (Å²) in [6, 6.07) is 13.7. The Hall–Kier alpha value is -2.49. The standard InChI is InChI=1S/C23H23N3O3S3/c1-4-29-21(27)19-13(2)24-22(30)26-20(19)14-9-10-17(28-3)15(11-14)12-31-23-25-16-7-5-6-8-18(16)32-23/h5-11,19-20H,4,12H2,1-3H3,(H,26,30). The summed E-state index contributed by atoms with van der Waals surface area (Å²) in [5, 5.41) is 3.56. The van der Waals surface area contributed by atoms with E-state index in [9.17, 15) is 4.79 Å². The second-order valence-electron chi connectivity index (χ2n) is 7.22. The number of nitrogens with one attached hydrogen (secondary N) is 1. The summed E-state index contributed by atoms with van der Waals surface area (Å²) in [4.78, 5) is 21.7. The zero-order valence-electron chi connectivity index (χ0n) is 18.0. The van der Waals surface area contributed by atoms with Gasteiger partial charge in [0.25, 0.3) is 0 Å². The van der Waals surface area contributed by atoms with Crippen molar-refractivity contribution in [3.8, 4) is 5.75 Å². The summed E-state index contributed by atoms with van der Waals surface area (Å²) < 4.78 is 13.1. The molecule has 3 aromatic rings. The van der Waals surface area contributed by atoms with E-state index in [4.69, 9.17) is 26.7 Å². The Morgan fingerprint density at radius 3 is 2.84 bits per heavy atom. The summed E-state index contributed by atoms with van der Waals surface area (Å²) >= 11 is 8.65. The minimum Gasteiger partial charge on any atom is -0.496 e. The number of hydrogen-bond acceptors (Lipinski definition) is 7. The molecular formula is C23H23N3O3S3. The highest BCUT2D eigenvalue weighted by Crippen LogP contribution is 2.36. The number of thiazole rings is 1. The molecule has 1 aliphatic heterocycles. The quantitative estimate of drug-likeness (QED) is 0.281. The Kier molecular flexibility index (Phi) is 7.07. The molecule has 0 aliphatic carbocycles. The molecular weight excluding hydrogens is 462 g/mol. The third kappa shape index (κ3) is 4.79. The normalized spacial score (nSPS) is 18.2. The Balaban J connectivity index is 1.62. The zero-order chi connectivity index (χ0) is 22.7. The van der Waals surface area contributed by atoms with Gasteiger partial charge >= 0.3 is 5.97 Å². The number of nitrogens with zero attached hydrogens (tertiary/aromatic N) is 2. The molecule has 0 amide bonds. The summed E-state index contributed by atoms with van der Waals surface area (Å²) in [6.45, 7) is 3.92. The minimum absolute atomic E-state index is 0.310. The number of esters is 1. The Bertz CT molecular complexity index is 1160. The Labute approximate surface area is 200 Å². The molecule has 2 unspecified atom stereocenters. The van der Waals surface area contributed by atoms with E-state index in [0.29, 0.717) is 23.2 Å². The van der Waals surface area contributed by atoms with Crippen LogP contribution in [0.2, 0.25) is 0 Å². The largest absolute Gasteiger partial charge is 0.496 e. The number of thiocarbonyl (C=S) groups is 1. The van der Waals surface area contributed by atoms with Gasteiger partial charge in [-0.05, 0) is 55.9 Å². The molecule has 166 valence electrons. The van der Waals surface area contributed by atoms with Gasteiger partial charge in [-0.3, -0.25) is 4.79 Å². The van der Waals surface area contributed by atoms with Crippen molar-refractivity contribution in [2.24, 2.45) is 10.9 Å². The molecule has 0 spiro atoms. The molecule has 2 heterocycles. The van der Waals surface area contributed by atoms with Crippen LogP contribution in [-0.2, 0) is 15.3 Å². The number of carbonyl (C=O) groups is 1. The number of methoxy groups -OCH3 is 1. The van der Waals surface area contributed by atoms with Crippen molar-refractivity contribution in [2.45, 2.75) is 30.0 Å². The Morgan fingerprint density at radius 1 is 1.28 bits per heavy atom. The van der Waals surface area contributed by atoms with Gasteiger partial charge < -0.3 is 14.8 Å². The number of fused-ring (bicyclic) bond motifs is 1. The van der Waals surface area contributed by atoms with Crippen LogP contribution < -0.4 is 10.1 Å². The summed E-state index contributed by atoms with van der Waals surface area (Å²) in [6.07, 6.45) is 0. The summed E-state index contributed by atoms with van der Waals surface area (Å²) in [5.74, 6) is 0.624. The number of benzene rings is 2. The number of ether oxygens (including phenoxy) is 2. The predicted octanol–water partition coefficient (Wildman–Crippen LogP) is 5.17. The monoisotopic (exact) mass is 485 g/mol. The fraction of sp³-hybridized carbons (Fsp3) is 0.304. The molecule has 0 saturated carbocycles. The van der Waals surface area contributed by atoms with E-state index >= 15 is 0 Å². The van der Waals surface area contributed by atoms with Crippen LogP contribution in [0.1, 0.15) is 31.0 Å². The molecule has 1 aliphatic rings. The molecule has 0 fully saturated rings. The molecule has 32 heavy (non-hydrogen) atoms. The SMILES string of the molecule is CCOC(=O)C1C(C)=NC(=S)NC1c1ccc(OC)c(CSc2nc3ccccc3s2)c1. The van der Waals surface area contributed by atoms with Gasteiger partial charge in [-0.25, -0.2) is 9.98 Å². The molecule has 1 N–H and O–H groups in total. The van der Waals surface area contributed by atoms with Crippen LogP contribution in [0.4, 0.5) is 0 Å². The van der Waals surface area contributed by atoms with Gasteiger partial charge in [0.1, 0.15) is 11.7 Å². The molecule has 6 nitrogen and oxygen atoms in total. The Morgan fingerprint density at radius 2 is 2.09 bits per heavy atom. The molecule has 1 aromatic heterocycles. The maximum Gasteiger partial charge on any atom is 0.317 e. The zero-order valence-corrected chi connectivity index (χ0v) is 20.4. The van der Waals surface area contributed by atoms with E-state index in [-0.39, 0.29) is 12.0 Å². The van der Waals surface area contributed by atoms with Gasteiger partial charge in [-0.15, -0.1) is 11.3 Å². The average molecular weight is 486 g/mol. The maximum atomic E-state index is 12.7. The van der Waals surface area contributed by atoms with Gasteiger partial charge in [-0.2, -0.15) is 0 Å². The van der Waals surface area contributed by atoms with Gasteiger partial charge in [-0.1, -0.05) is 30.0 Å². The van der Waals surface area contributed by atoms with Crippen LogP contribution >= 0.6 is 35.3 Å². The fourth-order valence-corrected chi connectivity index (χ4v) is 6.01. The van der Waals surface area contributed by atoms with E-state index in [1.54, 1.807) is 37.1 Å². The number of hydrogen-bond donors (Lipinski definition) is 1. The highest BCUT2D eigenvalue weighted by molar-refractivity contribution is 8.00. The van der Waals surface area contributed by atoms with Gasteiger partial charge in [0.2, 0.25) is 0 Å². The van der Waals surface area contributed by atoms with Crippen LogP contribution in [0.25, 0.3) is 10.2 Å². The third-order valence-corrected chi connectivity index (χ3v) is 7.61. The lowest BCUT2D eigenvalue weighted by Crippen LogP contribution is -2.44. The van der Waals surface area contributed by atoms with Crippen molar-refractivity contribution in [1.82, 2.24) is 10.3 Å². The molecule has 2 atom stereocenters. The van der Waals surface area contributed by atoms with Crippen molar-refractivity contribution in [2.75, 3.05) is 13.7 Å². The van der Waals surface area contributed by atoms with Crippen LogP contribution in [0.3, 0.4) is 0 Å². The summed E-state index contributed by atoms with van der Waals surface area (Å²) in [5.41, 5.74) is 3.61. The predicted molar refractivity (Wildman–Crippen MR) is 134 cm³/mol. The first-order valence-corrected chi connectivity index (χ1v) is 12.4. The fourth-order valence-electron chi connectivity index (χ4n) is 3.69. The van der Waals surface area contributed by atoms with E-state index in [1.165, 1.54) is 4.70 Å². The van der Waals surface area contributed by atoms with Gasteiger partial charge in [0, 0.05) is 17.0 Å². The van der Waals surface area contributed by atoms with Crippen molar-refractivity contribution in [3.05, 3.63) is 53.6 Å². The highest BCUT2D eigenvalue weighted by Gasteiger charge is 2.37. The first kappa shape index (κ1) is 22.7. The van der Waals surface area contributed by atoms with Crippen LogP contribution in [0.15, 0.2) is 51.8 Å². The van der Waals surface area contributed by atoms with Crippen molar-refractivity contribution in [1.29, 1.82) is 0 Å². The number of thioether (sulfide) groups is 1. The highest BCUT2D eigenvalue weighted by atomic mass is 32.2. The minimum atomic E-state index is -0.542. The van der Waals surface area contributed by atoms with Crippen molar-refractivity contribution < 1.29 is 14.3 Å². The van der Waals surface area contributed by atoms with Gasteiger partial charge in [0.05, 0.1) is 30.0 Å². The molecule has 4 rings (SSSR count). The van der Waals surface area contributed by atoms with Crippen molar-refractivity contribution in [3.63, 3.8) is 0 Å². The first-order valence-electron chi connectivity index (χ1n) is 10.2. The topological polar surface area (TPSA) is 72.8 Å². The van der Waals surface area contributed by atoms with Crippen molar-refractivity contribution >= 4 is 62.3 Å². The van der Waals surface area contributed by atoms with E-state index < -0.39 is 5.92 Å². The number of rotatable bonds is 7. The van der Waals surface area contributed by atoms with Crippen LogP contribution in [-0.4, -0.2) is 35.5 Å². The average Bonchev–Trinajstić information content (AvgIpc) is 3.20. The summed E-state index contributed by atoms with van der Waals surface area (Å²) in [7, 11) is 1.66. The lowest BCUT2D eigenvalue weighted by atomic mass is 9.87. The molecule has 2 aromatic carbocycles. The number of carbonyl (C=O) groups excluding carboxylic acids is 1. The second-order valence-corrected chi connectivity index (χ2v) is 9.86. The smallest absolute Gasteiger partial charge is 0.317 e. The first-order chi connectivity index (χ1) is 15.5. The molecule has 0 bridgehead atoms. The van der Waals surface area contributed by atoms with Crippen LogP contribution in [0, 0.1) is 5.92 Å². The van der Waals surface area contributed by atoms with E-state index in [1.807, 2.05) is 37.3 Å². The maximum absolute atomic E-state index is 12.7. The number of para-hydroxylation sites is 1. The number of aromatic nitrogens is 1. The number of aliphatic imine (C=N–C) groups is 1.